The minimum Gasteiger partial charge on any atom is -0.480 e. The second-order valence-electron chi connectivity index (χ2n) is 7.14. The maximum Gasteiger partial charge on any atom is 0.407 e. The number of carboxylic acid groups (broad SMARTS) is 1. The fraction of sp³-hybridized carbons (Fsp3) is 0.588. The van der Waals surface area contributed by atoms with Gasteiger partial charge in [-0.3, -0.25) is 9.36 Å². The van der Waals surface area contributed by atoms with Crippen molar-refractivity contribution in [3.8, 4) is 0 Å². The summed E-state index contributed by atoms with van der Waals surface area (Å²) < 4.78 is 17.4. The molecule has 0 saturated carbocycles. The molecule has 14 nitrogen and oxygen atoms in total. The van der Waals surface area contributed by atoms with E-state index in [1.54, 1.807) is 0 Å². The van der Waals surface area contributed by atoms with Crippen LogP contribution in [0.1, 0.15) is 12.6 Å². The minimum atomic E-state index is -1.36. The highest BCUT2D eigenvalue weighted by Gasteiger charge is 2.45. The molecular weight excluding hydrogens is 416 g/mol. The summed E-state index contributed by atoms with van der Waals surface area (Å²) in [5.74, 6) is -0.713. The van der Waals surface area contributed by atoms with Crippen LogP contribution in [0.25, 0.3) is 11.2 Å². The third-order valence-electron chi connectivity index (χ3n) is 5.00. The molecule has 2 aromatic heterocycles. The number of carbonyl (C=O) groups excluding carboxylic acids is 1. The van der Waals surface area contributed by atoms with Crippen molar-refractivity contribution in [2.75, 3.05) is 31.7 Å². The maximum absolute atomic E-state index is 11.5. The summed E-state index contributed by atoms with van der Waals surface area (Å²) in [4.78, 5) is 34.7. The topological polar surface area (TPSA) is 190 Å². The number of hydrogen-bond acceptors (Lipinski definition) is 11. The van der Waals surface area contributed by atoms with E-state index < -0.39 is 49.8 Å². The Morgan fingerprint density at radius 2 is 2.10 bits per heavy atom. The fourth-order valence-electron chi connectivity index (χ4n) is 3.44. The number of hydrogen-bond donors (Lipinski definition) is 5. The Morgan fingerprint density at radius 3 is 2.84 bits per heavy atom. The van der Waals surface area contributed by atoms with Crippen molar-refractivity contribution >= 4 is 29.0 Å². The molecule has 5 N–H and O–H groups in total. The molecule has 2 aliphatic heterocycles. The van der Waals surface area contributed by atoms with Gasteiger partial charge in [0.25, 0.3) is 0 Å². The summed E-state index contributed by atoms with van der Waals surface area (Å²) >= 11 is 0. The molecule has 31 heavy (non-hydrogen) atoms. The number of amides is 1. The van der Waals surface area contributed by atoms with E-state index in [1.807, 2.05) is 5.32 Å². The van der Waals surface area contributed by atoms with Crippen LogP contribution in [0.2, 0.25) is 0 Å². The SMILES string of the molecule is O=C(O)CNC(=O)OC[C@H]1O[C@@H](n2cnc3c(N[C@@H]4CCOC4)ncnc32)[C@H](O)[C@@H]1O. The summed E-state index contributed by atoms with van der Waals surface area (Å²) in [6, 6.07) is 0.104. The fourth-order valence-corrected chi connectivity index (χ4v) is 3.44. The number of aromatic nitrogens is 4. The molecular formula is C17H22N6O8. The standard InChI is InChI=1S/C17H22N6O8/c24-10(25)3-18-17(28)30-5-9-12(26)13(27)16(31-9)23-7-21-11-14(19-6-20-15(11)23)22-8-1-2-29-4-8/h6-9,12-13,16,26-27H,1-5H2,(H,18,28)(H,24,25)(H,19,20,22)/t8-,9-,12-,13-,16-/m1/s1. The highest BCUT2D eigenvalue weighted by Crippen LogP contribution is 2.32. The van der Waals surface area contributed by atoms with Gasteiger partial charge in [-0.25, -0.2) is 19.7 Å². The van der Waals surface area contributed by atoms with Crippen molar-refractivity contribution in [2.24, 2.45) is 0 Å². The Labute approximate surface area is 175 Å². The van der Waals surface area contributed by atoms with Gasteiger partial charge in [-0.1, -0.05) is 0 Å². The minimum absolute atomic E-state index is 0.104. The van der Waals surface area contributed by atoms with Crippen molar-refractivity contribution in [3.05, 3.63) is 12.7 Å². The number of fused-ring (bicyclic) bond motifs is 1. The third kappa shape index (κ3) is 4.51. The molecule has 168 valence electrons. The van der Waals surface area contributed by atoms with Gasteiger partial charge in [0.15, 0.2) is 23.2 Å². The number of nitrogens with one attached hydrogen (secondary N) is 2. The van der Waals surface area contributed by atoms with Crippen LogP contribution in [0.5, 0.6) is 0 Å². The molecule has 5 atom stereocenters. The Bertz CT molecular complexity index is 948. The van der Waals surface area contributed by atoms with E-state index in [-0.39, 0.29) is 6.04 Å². The van der Waals surface area contributed by atoms with Gasteiger partial charge >= 0.3 is 12.1 Å². The Balaban J connectivity index is 1.45. The lowest BCUT2D eigenvalue weighted by atomic mass is 10.1. The molecule has 0 aromatic carbocycles. The van der Waals surface area contributed by atoms with Gasteiger partial charge in [0.2, 0.25) is 0 Å². The lowest BCUT2D eigenvalue weighted by Crippen LogP contribution is -2.37. The molecule has 14 heteroatoms. The normalized spacial score (nSPS) is 28.0. The summed E-state index contributed by atoms with van der Waals surface area (Å²) in [5.41, 5.74) is 0.848. The van der Waals surface area contributed by atoms with Crippen molar-refractivity contribution in [3.63, 3.8) is 0 Å². The van der Waals surface area contributed by atoms with Crippen LogP contribution in [0.4, 0.5) is 10.6 Å². The van der Waals surface area contributed by atoms with E-state index in [2.05, 4.69) is 20.3 Å². The maximum atomic E-state index is 11.5. The van der Waals surface area contributed by atoms with Gasteiger partial charge in [0, 0.05) is 6.61 Å². The third-order valence-corrected chi connectivity index (χ3v) is 5.00. The van der Waals surface area contributed by atoms with Crippen LogP contribution in [-0.2, 0) is 19.0 Å². The van der Waals surface area contributed by atoms with Gasteiger partial charge in [-0.2, -0.15) is 0 Å². The number of aliphatic hydroxyl groups excluding tert-OH is 2. The zero-order chi connectivity index (χ0) is 22.0. The molecule has 4 rings (SSSR count). The molecule has 2 aromatic rings. The average Bonchev–Trinajstić information content (AvgIpc) is 3.47. The number of alkyl carbamates (subject to hydrolysis) is 1. The number of rotatable bonds is 7. The van der Waals surface area contributed by atoms with E-state index in [9.17, 15) is 19.8 Å². The number of anilines is 1. The molecule has 0 radical (unpaired) electrons. The molecule has 2 fully saturated rings. The van der Waals surface area contributed by atoms with Crippen LogP contribution in [-0.4, -0.2) is 97.6 Å². The number of imidazole rings is 1. The smallest absolute Gasteiger partial charge is 0.407 e. The molecule has 0 spiro atoms. The van der Waals surface area contributed by atoms with Crippen LogP contribution in [0.15, 0.2) is 12.7 Å². The molecule has 2 saturated heterocycles. The van der Waals surface area contributed by atoms with Crippen molar-refractivity contribution in [2.45, 2.75) is 37.0 Å². The zero-order valence-corrected chi connectivity index (χ0v) is 16.2. The molecule has 4 heterocycles. The molecule has 1 amide bonds. The van der Waals surface area contributed by atoms with E-state index in [0.29, 0.717) is 30.2 Å². The Kier molecular flexibility index (Phi) is 6.13. The highest BCUT2D eigenvalue weighted by atomic mass is 16.6. The summed E-state index contributed by atoms with van der Waals surface area (Å²) in [5, 5.41) is 34.6. The number of carbonyl (C=O) groups is 2. The number of aliphatic carboxylic acids is 1. The predicted octanol–water partition coefficient (Wildman–Crippen LogP) is -1.54. The van der Waals surface area contributed by atoms with Crippen molar-refractivity contribution in [1.29, 1.82) is 0 Å². The average molecular weight is 438 g/mol. The first-order valence-corrected chi connectivity index (χ1v) is 9.60. The van der Waals surface area contributed by atoms with Gasteiger partial charge < -0.3 is 40.2 Å². The Morgan fingerprint density at radius 1 is 1.26 bits per heavy atom. The lowest BCUT2D eigenvalue weighted by Gasteiger charge is -2.17. The number of ether oxygens (including phenoxy) is 3. The first-order valence-electron chi connectivity index (χ1n) is 9.60. The van der Waals surface area contributed by atoms with E-state index in [1.165, 1.54) is 17.2 Å². The number of carboxylic acids is 1. The second-order valence-corrected chi connectivity index (χ2v) is 7.14. The largest absolute Gasteiger partial charge is 0.480 e. The van der Waals surface area contributed by atoms with Crippen LogP contribution >= 0.6 is 0 Å². The lowest BCUT2D eigenvalue weighted by molar-refractivity contribution is -0.135. The monoisotopic (exact) mass is 438 g/mol. The van der Waals surface area contributed by atoms with Crippen LogP contribution in [0.3, 0.4) is 0 Å². The first kappa shape index (κ1) is 21.2. The molecule has 2 aliphatic rings. The van der Waals surface area contributed by atoms with Crippen molar-refractivity contribution < 1.29 is 39.1 Å². The number of aliphatic hydroxyl groups is 2. The van der Waals surface area contributed by atoms with Crippen LogP contribution in [0, 0.1) is 0 Å². The summed E-state index contributed by atoms with van der Waals surface area (Å²) in [6.45, 7) is 0.223. The van der Waals surface area contributed by atoms with Gasteiger partial charge in [0.05, 0.1) is 19.0 Å². The Hall–Kier alpha value is -3.07. The van der Waals surface area contributed by atoms with Gasteiger partial charge in [0.1, 0.15) is 37.8 Å². The second kappa shape index (κ2) is 8.97. The molecule has 0 unspecified atom stereocenters. The summed E-state index contributed by atoms with van der Waals surface area (Å²) in [7, 11) is 0. The van der Waals surface area contributed by atoms with Crippen molar-refractivity contribution in [1.82, 2.24) is 24.8 Å². The van der Waals surface area contributed by atoms with Crippen LogP contribution < -0.4 is 10.6 Å². The van der Waals surface area contributed by atoms with E-state index in [4.69, 9.17) is 19.3 Å². The predicted molar refractivity (Wildman–Crippen MR) is 101 cm³/mol. The van der Waals surface area contributed by atoms with Gasteiger partial charge in [-0.15, -0.1) is 0 Å². The van der Waals surface area contributed by atoms with E-state index >= 15 is 0 Å². The zero-order valence-electron chi connectivity index (χ0n) is 16.2. The quantitative estimate of drug-likeness (QED) is 0.335. The molecule has 0 aliphatic carbocycles. The number of nitrogens with zero attached hydrogens (tertiary/aromatic N) is 4. The summed E-state index contributed by atoms with van der Waals surface area (Å²) in [6.07, 6.45) is -2.15. The first-order chi connectivity index (χ1) is 14.9. The van der Waals surface area contributed by atoms with Gasteiger partial charge in [-0.05, 0) is 6.42 Å². The van der Waals surface area contributed by atoms with E-state index in [0.717, 1.165) is 6.42 Å². The molecule has 0 bridgehead atoms. The highest BCUT2D eigenvalue weighted by molar-refractivity contribution is 5.82.